The predicted octanol–water partition coefficient (Wildman–Crippen LogP) is 4.58. The van der Waals surface area contributed by atoms with Crippen molar-refractivity contribution in [2.75, 3.05) is 0 Å². The lowest BCUT2D eigenvalue weighted by molar-refractivity contribution is -0.145. The summed E-state index contributed by atoms with van der Waals surface area (Å²) in [5.41, 5.74) is 7.41. The fraction of sp³-hybridized carbons (Fsp3) is 0.667. The van der Waals surface area contributed by atoms with Crippen molar-refractivity contribution in [2.24, 2.45) is 5.73 Å². The van der Waals surface area contributed by atoms with Crippen LogP contribution in [0.25, 0.3) is 0 Å². The molecule has 0 spiro atoms. The summed E-state index contributed by atoms with van der Waals surface area (Å²) in [6.07, 6.45) is 4.77. The number of amides is 4. The quantitative estimate of drug-likeness (QED) is 0.375. The first-order chi connectivity index (χ1) is 18.2. The predicted molar refractivity (Wildman–Crippen MR) is 152 cm³/mol. The van der Waals surface area contributed by atoms with Gasteiger partial charge in [0.25, 0.3) is 0 Å². The normalized spacial score (nSPS) is 16.5. The van der Waals surface area contributed by atoms with Gasteiger partial charge in [-0.3, -0.25) is 14.4 Å². The molecule has 1 fully saturated rings. The molecule has 0 aliphatic heterocycles. The third-order valence-electron chi connectivity index (χ3n) is 7.31. The third-order valence-corrected chi connectivity index (χ3v) is 7.31. The Morgan fingerprint density at radius 1 is 1.08 bits per heavy atom. The summed E-state index contributed by atoms with van der Waals surface area (Å²) in [5.74, 6) is -1.29. The van der Waals surface area contributed by atoms with Gasteiger partial charge in [-0.1, -0.05) is 44.4 Å². The molecular weight excluding hydrogens is 496 g/mol. The lowest BCUT2D eigenvalue weighted by Crippen LogP contribution is -2.56. The smallest absolute Gasteiger partial charge is 0.408 e. The summed E-state index contributed by atoms with van der Waals surface area (Å²) in [6, 6.07) is 3.49. The molecule has 1 aromatic rings. The highest BCUT2D eigenvalue weighted by Crippen LogP contribution is 2.29. The van der Waals surface area contributed by atoms with E-state index < -0.39 is 35.6 Å². The van der Waals surface area contributed by atoms with Crippen LogP contribution in [-0.2, 0) is 19.1 Å². The van der Waals surface area contributed by atoms with Crippen LogP contribution in [0.15, 0.2) is 18.2 Å². The highest BCUT2D eigenvalue weighted by atomic mass is 16.6. The van der Waals surface area contributed by atoms with Crippen molar-refractivity contribution in [1.82, 2.24) is 15.5 Å². The minimum absolute atomic E-state index is 0.00969. The van der Waals surface area contributed by atoms with Crippen LogP contribution in [0.2, 0.25) is 0 Å². The number of hydrogen-bond acceptors (Lipinski definition) is 5. The van der Waals surface area contributed by atoms with Crippen LogP contribution in [0.1, 0.15) is 109 Å². The fourth-order valence-corrected chi connectivity index (χ4v) is 4.87. The number of ether oxygens (including phenoxy) is 1. The Balaban J connectivity index is 2.53. The molecule has 0 saturated heterocycles. The van der Waals surface area contributed by atoms with Crippen LogP contribution in [0.5, 0.6) is 0 Å². The molecule has 218 valence electrons. The number of carbonyl (C=O) groups is 4. The molecule has 1 aliphatic rings. The second kappa shape index (κ2) is 14.3. The topological polar surface area (TPSA) is 131 Å². The number of nitrogens with two attached hydrogens (primary N) is 1. The van der Waals surface area contributed by atoms with Gasteiger partial charge in [0.15, 0.2) is 0 Å². The van der Waals surface area contributed by atoms with E-state index in [0.717, 1.165) is 43.2 Å². The van der Waals surface area contributed by atoms with E-state index in [0.29, 0.717) is 12.0 Å². The van der Waals surface area contributed by atoms with Gasteiger partial charge in [-0.2, -0.15) is 0 Å². The summed E-state index contributed by atoms with van der Waals surface area (Å²) in [7, 11) is 0. The number of hydrogen-bond donors (Lipinski definition) is 3. The minimum Gasteiger partial charge on any atom is -0.444 e. The van der Waals surface area contributed by atoms with Gasteiger partial charge in [0, 0.05) is 18.5 Å². The number of aryl methyl sites for hydroxylation is 2. The van der Waals surface area contributed by atoms with Gasteiger partial charge in [-0.05, 0) is 83.9 Å². The molecule has 4 amide bonds. The van der Waals surface area contributed by atoms with E-state index in [-0.39, 0.29) is 30.8 Å². The van der Waals surface area contributed by atoms with Crippen LogP contribution in [0.3, 0.4) is 0 Å². The Hall–Kier alpha value is -3.10. The van der Waals surface area contributed by atoms with Gasteiger partial charge < -0.3 is 26.0 Å². The lowest BCUT2D eigenvalue weighted by Gasteiger charge is -2.39. The zero-order valence-corrected chi connectivity index (χ0v) is 24.8. The van der Waals surface area contributed by atoms with Crippen LogP contribution in [0.4, 0.5) is 4.79 Å². The molecular formula is C30H48N4O5. The number of nitrogens with one attached hydrogen (secondary N) is 2. The molecule has 3 atom stereocenters. The summed E-state index contributed by atoms with van der Waals surface area (Å²) >= 11 is 0. The van der Waals surface area contributed by atoms with E-state index >= 15 is 0 Å². The number of carbonyl (C=O) groups excluding carboxylic acids is 4. The molecule has 3 unspecified atom stereocenters. The molecule has 4 N–H and O–H groups in total. The van der Waals surface area contributed by atoms with E-state index in [9.17, 15) is 19.2 Å². The lowest BCUT2D eigenvalue weighted by atomic mass is 9.93. The number of alkyl carbamates (subject to hydrolysis) is 1. The van der Waals surface area contributed by atoms with Gasteiger partial charge in [0.1, 0.15) is 17.7 Å². The van der Waals surface area contributed by atoms with Crippen molar-refractivity contribution in [3.05, 3.63) is 34.9 Å². The Bertz CT molecular complexity index is 1010. The van der Waals surface area contributed by atoms with Gasteiger partial charge in [0.05, 0.1) is 0 Å². The maximum absolute atomic E-state index is 14.2. The largest absolute Gasteiger partial charge is 0.444 e. The highest BCUT2D eigenvalue weighted by Gasteiger charge is 2.39. The first kappa shape index (κ1) is 32.1. The average Bonchev–Trinajstić information content (AvgIpc) is 2.85. The van der Waals surface area contributed by atoms with E-state index in [2.05, 4.69) is 10.6 Å². The van der Waals surface area contributed by atoms with Crippen molar-refractivity contribution in [2.45, 2.75) is 130 Å². The second-order valence-electron chi connectivity index (χ2n) is 11.8. The van der Waals surface area contributed by atoms with Crippen molar-refractivity contribution >= 4 is 23.8 Å². The second-order valence-corrected chi connectivity index (χ2v) is 11.8. The maximum atomic E-state index is 14.2. The Morgan fingerprint density at radius 2 is 1.72 bits per heavy atom. The third kappa shape index (κ3) is 9.86. The molecule has 0 aromatic heterocycles. The van der Waals surface area contributed by atoms with Gasteiger partial charge in [-0.25, -0.2) is 4.79 Å². The number of nitrogens with zero attached hydrogens (tertiary/aromatic N) is 1. The maximum Gasteiger partial charge on any atom is 0.408 e. The first-order valence-corrected chi connectivity index (χ1v) is 14.2. The zero-order valence-electron chi connectivity index (χ0n) is 24.8. The van der Waals surface area contributed by atoms with E-state index in [4.69, 9.17) is 10.5 Å². The standard InChI is InChI=1S/C30H48N4O5/c1-8-21(4)34(28(37)24(16-17-25(31)35)33-29(38)39-30(5,6)7)26(22-15-14-19(2)20(3)18-22)27(36)32-23-12-10-9-11-13-23/h14-15,18,21,23-24,26H,8-13,16-17H2,1-7H3,(H2,31,35)(H,32,36)(H,33,38). The molecule has 0 radical (unpaired) electrons. The van der Waals surface area contributed by atoms with Crippen molar-refractivity contribution in [3.63, 3.8) is 0 Å². The van der Waals surface area contributed by atoms with Gasteiger partial charge >= 0.3 is 6.09 Å². The average molecular weight is 545 g/mol. The molecule has 1 saturated carbocycles. The number of rotatable bonds is 11. The molecule has 2 rings (SSSR count). The zero-order chi connectivity index (χ0) is 29.3. The SMILES string of the molecule is CCC(C)N(C(=O)C(CCC(N)=O)NC(=O)OC(C)(C)C)C(C(=O)NC1CCCCC1)c1ccc(C)c(C)c1. The first-order valence-electron chi connectivity index (χ1n) is 14.2. The van der Waals surface area contributed by atoms with Crippen LogP contribution < -0.4 is 16.4 Å². The Kier molecular flexibility index (Phi) is 11.8. The van der Waals surface area contributed by atoms with E-state index in [1.54, 1.807) is 25.7 Å². The van der Waals surface area contributed by atoms with Gasteiger partial charge in [-0.15, -0.1) is 0 Å². The molecule has 0 heterocycles. The highest BCUT2D eigenvalue weighted by molar-refractivity contribution is 5.92. The van der Waals surface area contributed by atoms with Gasteiger partial charge in [0.2, 0.25) is 17.7 Å². The Morgan fingerprint density at radius 3 is 2.26 bits per heavy atom. The van der Waals surface area contributed by atoms with Crippen LogP contribution in [0, 0.1) is 13.8 Å². The minimum atomic E-state index is -1.10. The monoisotopic (exact) mass is 544 g/mol. The van der Waals surface area contributed by atoms with Crippen molar-refractivity contribution in [1.29, 1.82) is 0 Å². The Labute approximate surface area is 233 Å². The fourth-order valence-electron chi connectivity index (χ4n) is 4.87. The summed E-state index contributed by atoms with van der Waals surface area (Å²) in [6.45, 7) is 13.0. The van der Waals surface area contributed by atoms with E-state index in [1.807, 2.05) is 45.9 Å². The van der Waals surface area contributed by atoms with Crippen LogP contribution in [-0.4, -0.2) is 52.4 Å². The van der Waals surface area contributed by atoms with Crippen molar-refractivity contribution in [3.8, 4) is 0 Å². The number of benzene rings is 1. The molecule has 9 heteroatoms. The van der Waals surface area contributed by atoms with Crippen molar-refractivity contribution < 1.29 is 23.9 Å². The van der Waals surface area contributed by atoms with E-state index in [1.165, 1.54) is 0 Å². The molecule has 9 nitrogen and oxygen atoms in total. The summed E-state index contributed by atoms with van der Waals surface area (Å²) < 4.78 is 5.40. The molecule has 0 bridgehead atoms. The molecule has 1 aromatic carbocycles. The summed E-state index contributed by atoms with van der Waals surface area (Å²) in [4.78, 5) is 54.1. The molecule has 1 aliphatic carbocycles. The number of primary amides is 1. The summed E-state index contributed by atoms with van der Waals surface area (Å²) in [5, 5.41) is 5.85. The molecule has 39 heavy (non-hydrogen) atoms. The van der Waals surface area contributed by atoms with Crippen LogP contribution >= 0.6 is 0 Å².